The van der Waals surface area contributed by atoms with E-state index in [4.69, 9.17) is 0 Å². The van der Waals surface area contributed by atoms with Gasteiger partial charge in [0.05, 0.1) is 11.1 Å². The first-order valence-electron chi connectivity index (χ1n) is 7.13. The number of aromatic hydroxyl groups is 1. The summed E-state index contributed by atoms with van der Waals surface area (Å²) >= 11 is 1.63. The van der Waals surface area contributed by atoms with Gasteiger partial charge in [0.1, 0.15) is 5.75 Å². The molecule has 0 unspecified atom stereocenters. The Morgan fingerprint density at radius 2 is 1.50 bits per heavy atom. The van der Waals surface area contributed by atoms with Crippen LogP contribution in [0.2, 0.25) is 0 Å². The molecule has 0 aromatic heterocycles. The molecule has 0 fully saturated rings. The summed E-state index contributed by atoms with van der Waals surface area (Å²) in [5, 5.41) is 19.0. The van der Waals surface area contributed by atoms with Gasteiger partial charge in [0, 0.05) is 6.42 Å². The Kier molecular flexibility index (Phi) is 4.14. The SMILES string of the molecule is O=C(O)[C@H](Cc1ccc(O)cc1)[N+]1(I)C(=O)c2ccccc2C1=O. The first-order valence-corrected chi connectivity index (χ1v) is 8.10. The highest BCUT2D eigenvalue weighted by Crippen LogP contribution is 2.38. The molecular weight excluding hydrogens is 425 g/mol. The van der Waals surface area contributed by atoms with Crippen molar-refractivity contribution in [2.45, 2.75) is 12.5 Å². The highest BCUT2D eigenvalue weighted by atomic mass is 127. The number of carboxylic acid groups (broad SMARTS) is 1. The number of quaternary nitrogens is 1. The van der Waals surface area contributed by atoms with Crippen LogP contribution < -0.4 is 0 Å². The van der Waals surface area contributed by atoms with E-state index < -0.39 is 26.5 Å². The van der Waals surface area contributed by atoms with E-state index in [2.05, 4.69) is 0 Å². The summed E-state index contributed by atoms with van der Waals surface area (Å²) in [6.07, 6.45) is -0.00990. The number of carboxylic acids is 1. The summed E-state index contributed by atoms with van der Waals surface area (Å²) in [5.74, 6) is -2.22. The maximum atomic E-state index is 12.8. The van der Waals surface area contributed by atoms with Crippen molar-refractivity contribution in [1.82, 2.24) is 0 Å². The molecule has 1 aliphatic heterocycles. The van der Waals surface area contributed by atoms with E-state index in [9.17, 15) is 24.6 Å². The zero-order valence-electron chi connectivity index (χ0n) is 12.3. The van der Waals surface area contributed by atoms with Crippen molar-refractivity contribution in [3.05, 3.63) is 65.2 Å². The monoisotopic (exact) mass is 438 g/mol. The average Bonchev–Trinajstić information content (AvgIpc) is 2.77. The minimum atomic E-state index is -1.26. The Morgan fingerprint density at radius 3 is 1.96 bits per heavy atom. The minimum absolute atomic E-state index is 0.00990. The predicted molar refractivity (Wildman–Crippen MR) is 92.6 cm³/mol. The number of aliphatic carboxylic acids is 1. The molecule has 1 aliphatic rings. The first-order chi connectivity index (χ1) is 11.4. The van der Waals surface area contributed by atoms with Gasteiger partial charge in [-0.25, -0.2) is 14.4 Å². The van der Waals surface area contributed by atoms with Gasteiger partial charge in [-0.05, 0) is 29.8 Å². The van der Waals surface area contributed by atoms with E-state index in [0.717, 1.165) is 0 Å². The van der Waals surface area contributed by atoms with Crippen LogP contribution >= 0.6 is 22.9 Å². The van der Waals surface area contributed by atoms with Crippen LogP contribution in [0.15, 0.2) is 48.5 Å². The smallest absolute Gasteiger partial charge is 0.364 e. The molecule has 3 rings (SSSR count). The number of imide groups is 1. The molecule has 2 aromatic rings. The number of carbonyl (C=O) groups is 3. The Labute approximate surface area is 151 Å². The Balaban J connectivity index is 2.03. The number of amides is 2. The molecule has 122 valence electrons. The molecule has 0 bridgehead atoms. The number of hydrogen-bond donors (Lipinski definition) is 2. The maximum absolute atomic E-state index is 12.8. The summed E-state index contributed by atoms with van der Waals surface area (Å²) in [6, 6.07) is 11.1. The van der Waals surface area contributed by atoms with Crippen LogP contribution in [0.1, 0.15) is 26.3 Å². The van der Waals surface area contributed by atoms with E-state index in [1.165, 1.54) is 24.3 Å². The fraction of sp³-hybridized carbons (Fsp3) is 0.118. The van der Waals surface area contributed by atoms with Crippen molar-refractivity contribution in [3.63, 3.8) is 0 Å². The molecule has 1 heterocycles. The van der Waals surface area contributed by atoms with Crippen LogP contribution in [0.3, 0.4) is 0 Å². The highest BCUT2D eigenvalue weighted by molar-refractivity contribution is 14.1. The highest BCUT2D eigenvalue weighted by Gasteiger charge is 2.60. The summed E-state index contributed by atoms with van der Waals surface area (Å²) in [7, 11) is 0. The largest absolute Gasteiger partial charge is 0.508 e. The van der Waals surface area contributed by atoms with Crippen molar-refractivity contribution in [1.29, 1.82) is 0 Å². The zero-order valence-corrected chi connectivity index (χ0v) is 14.5. The minimum Gasteiger partial charge on any atom is -0.508 e. The first kappa shape index (κ1) is 16.6. The molecule has 0 saturated heterocycles. The summed E-state index contributed by atoms with van der Waals surface area (Å²) in [6.45, 7) is 0. The third-order valence-corrected chi connectivity index (χ3v) is 5.61. The van der Waals surface area contributed by atoms with Crippen LogP contribution in [-0.4, -0.2) is 36.7 Å². The van der Waals surface area contributed by atoms with Crippen LogP contribution in [0.4, 0.5) is 0 Å². The van der Waals surface area contributed by atoms with Crippen LogP contribution in [-0.2, 0) is 11.2 Å². The van der Waals surface area contributed by atoms with Crippen LogP contribution in [0, 0.1) is 0 Å². The van der Waals surface area contributed by atoms with Gasteiger partial charge in [-0.1, -0.05) is 24.3 Å². The number of halogens is 1. The molecule has 6 nitrogen and oxygen atoms in total. The lowest BCUT2D eigenvalue weighted by Crippen LogP contribution is -2.55. The molecule has 24 heavy (non-hydrogen) atoms. The van der Waals surface area contributed by atoms with Gasteiger partial charge in [0.15, 0.2) is 0 Å². The quantitative estimate of drug-likeness (QED) is 0.435. The maximum Gasteiger partial charge on any atom is 0.364 e. The number of benzene rings is 2. The fourth-order valence-corrected chi connectivity index (χ4v) is 3.76. The number of hydrogen-bond acceptors (Lipinski definition) is 4. The zero-order chi connectivity index (χ0) is 17.5. The van der Waals surface area contributed by atoms with Gasteiger partial charge in [-0.3, -0.25) is 0 Å². The van der Waals surface area contributed by atoms with Crippen LogP contribution in [0.25, 0.3) is 0 Å². The summed E-state index contributed by atoms with van der Waals surface area (Å²) in [5.41, 5.74) is 1.11. The molecule has 0 spiro atoms. The molecule has 2 N–H and O–H groups in total. The second kappa shape index (κ2) is 5.99. The predicted octanol–water partition coefficient (Wildman–Crippen LogP) is 2.55. The number of nitrogens with zero attached hydrogens (tertiary/aromatic N) is 1. The van der Waals surface area contributed by atoms with Gasteiger partial charge < -0.3 is 10.2 Å². The number of fused-ring (bicyclic) bond motifs is 1. The average molecular weight is 438 g/mol. The van der Waals surface area contributed by atoms with Crippen molar-refractivity contribution in [3.8, 4) is 5.75 Å². The second-order valence-electron chi connectivity index (χ2n) is 5.52. The molecule has 7 heteroatoms. The lowest BCUT2D eigenvalue weighted by atomic mass is 10.0. The van der Waals surface area contributed by atoms with Crippen molar-refractivity contribution in [2.24, 2.45) is 0 Å². The van der Waals surface area contributed by atoms with E-state index >= 15 is 0 Å². The Morgan fingerprint density at radius 1 is 1.00 bits per heavy atom. The number of phenolic OH excluding ortho intramolecular Hbond substituents is 1. The summed E-state index contributed by atoms with van der Waals surface area (Å²) < 4.78 is -0.854. The third kappa shape index (κ3) is 2.49. The third-order valence-electron chi connectivity index (χ3n) is 4.06. The van der Waals surface area contributed by atoms with Gasteiger partial charge in [-0.2, -0.15) is 0 Å². The number of carbonyl (C=O) groups excluding carboxylic acids is 2. The Hall–Kier alpha value is -2.26. The molecule has 2 aromatic carbocycles. The van der Waals surface area contributed by atoms with Gasteiger partial charge >= 0.3 is 17.8 Å². The lowest BCUT2D eigenvalue weighted by Gasteiger charge is -2.26. The Bertz CT molecular complexity index is 811. The van der Waals surface area contributed by atoms with Crippen molar-refractivity contribution in [2.75, 3.05) is 0 Å². The van der Waals surface area contributed by atoms with E-state index in [1.54, 1.807) is 47.1 Å². The fourth-order valence-electron chi connectivity index (χ4n) is 2.80. The van der Waals surface area contributed by atoms with Gasteiger partial charge in [0.25, 0.3) is 22.9 Å². The molecular formula is C17H13INO5+. The number of rotatable bonds is 4. The number of phenols is 1. The summed E-state index contributed by atoms with van der Waals surface area (Å²) in [4.78, 5) is 37.4. The molecule has 2 amide bonds. The standard InChI is InChI=1S/C17H12INO5/c18-19(15(21)12-3-1-2-4-13(12)16(19)22)14(17(23)24)9-10-5-7-11(20)8-6-10/h1-8,14H,9H2,(H-,20,23,24)/p+1/t14-/m0/s1. The molecule has 0 saturated carbocycles. The van der Waals surface area contributed by atoms with E-state index in [1.807, 2.05) is 0 Å². The molecule has 0 aliphatic carbocycles. The van der Waals surface area contributed by atoms with Crippen molar-refractivity contribution >= 4 is 40.6 Å². The van der Waals surface area contributed by atoms with Gasteiger partial charge in [0.2, 0.25) is 6.04 Å². The van der Waals surface area contributed by atoms with Crippen LogP contribution in [0.5, 0.6) is 5.75 Å². The molecule has 1 atom stereocenters. The molecule has 0 radical (unpaired) electrons. The topological polar surface area (TPSA) is 91.7 Å². The van der Waals surface area contributed by atoms with Gasteiger partial charge in [-0.15, -0.1) is 2.70 Å². The van der Waals surface area contributed by atoms with Crippen molar-refractivity contribution < 1.29 is 27.3 Å². The van der Waals surface area contributed by atoms with E-state index in [-0.39, 0.29) is 23.3 Å². The van der Waals surface area contributed by atoms with E-state index in [0.29, 0.717) is 5.56 Å². The lowest BCUT2D eigenvalue weighted by molar-refractivity contribution is -0.593. The normalized spacial score (nSPS) is 16.7. The second-order valence-corrected chi connectivity index (χ2v) is 7.04.